The van der Waals surface area contributed by atoms with E-state index in [0.29, 0.717) is 19.0 Å². The fourth-order valence-corrected chi connectivity index (χ4v) is 2.55. The second kappa shape index (κ2) is 9.98. The summed E-state index contributed by atoms with van der Waals surface area (Å²) in [6.45, 7) is 7.17. The normalized spacial score (nSPS) is 14.9. The maximum absolute atomic E-state index is 10.7. The van der Waals surface area contributed by atoms with Gasteiger partial charge in [0, 0.05) is 31.4 Å². The van der Waals surface area contributed by atoms with Gasteiger partial charge < -0.3 is 25.2 Å². The van der Waals surface area contributed by atoms with Crippen LogP contribution < -0.4 is 20.1 Å². The highest BCUT2D eigenvalue weighted by Gasteiger charge is 2.24. The Hall–Kier alpha value is -2.74. The van der Waals surface area contributed by atoms with Crippen molar-refractivity contribution in [2.75, 3.05) is 26.7 Å². The molecule has 1 aromatic heterocycles. The molecule has 0 aliphatic heterocycles. The van der Waals surface area contributed by atoms with E-state index in [1.165, 1.54) is 0 Å². The molecule has 0 spiro atoms. The lowest BCUT2D eigenvalue weighted by Crippen LogP contribution is -2.42. The van der Waals surface area contributed by atoms with Crippen molar-refractivity contribution in [3.63, 3.8) is 0 Å². The Balaban J connectivity index is 1.93. The average Bonchev–Trinajstić information content (AvgIpc) is 3.11. The summed E-state index contributed by atoms with van der Waals surface area (Å²) >= 11 is 0. The van der Waals surface area contributed by atoms with E-state index in [2.05, 4.69) is 20.7 Å². The minimum absolute atomic E-state index is 0.0882. The number of methoxy groups -OCH3 is 1. The van der Waals surface area contributed by atoms with E-state index >= 15 is 0 Å². The van der Waals surface area contributed by atoms with Crippen molar-refractivity contribution in [2.45, 2.75) is 32.5 Å². The Labute approximate surface area is 166 Å². The molecule has 28 heavy (non-hydrogen) atoms. The van der Waals surface area contributed by atoms with Gasteiger partial charge in [-0.25, -0.2) is 4.99 Å². The number of hydrogen-bond donors (Lipinski definition) is 3. The minimum atomic E-state index is -1.10. The van der Waals surface area contributed by atoms with Crippen LogP contribution >= 0.6 is 0 Å². The molecule has 3 N–H and O–H groups in total. The number of ether oxygens (including phenoxy) is 2. The average molecular weight is 390 g/mol. The van der Waals surface area contributed by atoms with Gasteiger partial charge in [-0.2, -0.15) is 5.10 Å². The molecule has 0 amide bonds. The highest BCUT2D eigenvalue weighted by molar-refractivity contribution is 5.79. The number of nitrogens with zero attached hydrogens (tertiary/aromatic N) is 3. The zero-order valence-electron chi connectivity index (χ0n) is 17.3. The summed E-state index contributed by atoms with van der Waals surface area (Å²) in [4.78, 5) is 4.51. The van der Waals surface area contributed by atoms with Gasteiger partial charge in [-0.1, -0.05) is 6.07 Å². The molecule has 1 heterocycles. The van der Waals surface area contributed by atoms with Crippen LogP contribution in [0.2, 0.25) is 0 Å². The Morgan fingerprint density at radius 3 is 2.75 bits per heavy atom. The van der Waals surface area contributed by atoms with Gasteiger partial charge in [0.1, 0.15) is 23.2 Å². The number of rotatable bonds is 9. The molecule has 2 rings (SSSR count). The first kappa shape index (κ1) is 21.6. The highest BCUT2D eigenvalue weighted by Crippen LogP contribution is 2.20. The lowest BCUT2D eigenvalue weighted by molar-refractivity contribution is 0.0671. The molecule has 0 bridgehead atoms. The predicted octanol–water partition coefficient (Wildman–Crippen LogP) is 1.66. The topological polar surface area (TPSA) is 92.9 Å². The third kappa shape index (κ3) is 6.45. The summed E-state index contributed by atoms with van der Waals surface area (Å²) in [7, 11) is 3.45. The van der Waals surface area contributed by atoms with E-state index < -0.39 is 5.60 Å². The first-order chi connectivity index (χ1) is 13.3. The van der Waals surface area contributed by atoms with E-state index in [0.717, 1.165) is 17.1 Å². The Morgan fingerprint density at radius 1 is 1.36 bits per heavy atom. The summed E-state index contributed by atoms with van der Waals surface area (Å²) in [5.41, 5.74) is -0.372. The molecule has 8 nitrogen and oxygen atoms in total. The van der Waals surface area contributed by atoms with Gasteiger partial charge in [-0.05, 0) is 32.9 Å². The van der Waals surface area contributed by atoms with Gasteiger partial charge in [0.25, 0.3) is 0 Å². The Bertz CT molecular complexity index is 773. The molecular formula is C20H31N5O3. The first-order valence-corrected chi connectivity index (χ1v) is 9.38. The molecule has 2 atom stereocenters. The number of aliphatic imine (C=N–C) groups is 1. The zero-order chi connectivity index (χ0) is 20.6. The molecule has 0 aliphatic carbocycles. The molecule has 1 aromatic carbocycles. The van der Waals surface area contributed by atoms with Crippen LogP contribution in [0.3, 0.4) is 0 Å². The maximum atomic E-state index is 10.7. The maximum Gasteiger partial charge on any atom is 0.191 e. The molecule has 2 aromatic rings. The van der Waals surface area contributed by atoms with E-state index in [4.69, 9.17) is 9.47 Å². The van der Waals surface area contributed by atoms with Gasteiger partial charge in [-0.15, -0.1) is 0 Å². The summed E-state index contributed by atoms with van der Waals surface area (Å²) in [5.74, 6) is 2.12. The second-order valence-corrected chi connectivity index (χ2v) is 6.86. The molecule has 0 saturated carbocycles. The lowest BCUT2D eigenvalue weighted by Gasteiger charge is -2.21. The third-order valence-electron chi connectivity index (χ3n) is 4.15. The number of aromatic nitrogens is 2. The van der Waals surface area contributed by atoms with Crippen molar-refractivity contribution in [1.29, 1.82) is 0 Å². The van der Waals surface area contributed by atoms with Crippen molar-refractivity contribution in [3.05, 3.63) is 42.2 Å². The van der Waals surface area contributed by atoms with Crippen molar-refractivity contribution in [3.8, 4) is 11.5 Å². The lowest BCUT2D eigenvalue weighted by atomic mass is 10.0. The van der Waals surface area contributed by atoms with Gasteiger partial charge in [0.15, 0.2) is 5.96 Å². The highest BCUT2D eigenvalue weighted by atomic mass is 16.5. The van der Waals surface area contributed by atoms with Gasteiger partial charge in [-0.3, -0.25) is 4.68 Å². The SMILES string of the molecule is CCNC(=NCC(C)(O)c1cnn(C)c1)NCC(C)Oc1cccc(OC)c1. The van der Waals surface area contributed by atoms with Gasteiger partial charge in [0.2, 0.25) is 0 Å². The second-order valence-electron chi connectivity index (χ2n) is 6.86. The summed E-state index contributed by atoms with van der Waals surface area (Å²) in [6, 6.07) is 7.50. The molecule has 0 aliphatic rings. The molecule has 0 saturated heterocycles. The fourth-order valence-electron chi connectivity index (χ4n) is 2.55. The number of aryl methyl sites for hydroxylation is 1. The number of hydrogen-bond acceptors (Lipinski definition) is 5. The van der Waals surface area contributed by atoms with E-state index in [9.17, 15) is 5.11 Å². The predicted molar refractivity (Wildman–Crippen MR) is 110 cm³/mol. The van der Waals surface area contributed by atoms with Crippen LogP contribution in [0.4, 0.5) is 0 Å². The Kier molecular flexibility index (Phi) is 7.69. The van der Waals surface area contributed by atoms with Gasteiger partial charge >= 0.3 is 0 Å². The molecule has 0 fully saturated rings. The molecule has 0 radical (unpaired) electrons. The smallest absolute Gasteiger partial charge is 0.191 e. The molecule has 2 unspecified atom stereocenters. The standard InChI is InChI=1S/C20H31N5O3/c1-6-21-19(23-14-20(3,26)16-12-24-25(4)13-16)22-11-15(2)28-18-9-7-8-17(10-18)27-5/h7-10,12-13,15,26H,6,11,14H2,1-5H3,(H2,21,22,23). The van der Waals surface area contributed by atoms with Crippen LogP contribution in [0.1, 0.15) is 26.3 Å². The van der Waals surface area contributed by atoms with E-state index in [1.807, 2.05) is 45.2 Å². The summed E-state index contributed by atoms with van der Waals surface area (Å²) in [5, 5.41) is 21.2. The van der Waals surface area contributed by atoms with Crippen LogP contribution in [-0.4, -0.2) is 53.7 Å². The van der Waals surface area contributed by atoms with E-state index in [1.54, 1.807) is 31.1 Å². The zero-order valence-corrected chi connectivity index (χ0v) is 17.3. The molecule has 154 valence electrons. The largest absolute Gasteiger partial charge is 0.497 e. The third-order valence-corrected chi connectivity index (χ3v) is 4.15. The number of benzene rings is 1. The fraction of sp³-hybridized carbons (Fsp3) is 0.500. The molecule has 8 heteroatoms. The molecular weight excluding hydrogens is 358 g/mol. The summed E-state index contributed by atoms with van der Waals surface area (Å²) in [6.07, 6.45) is 3.36. The van der Waals surface area contributed by atoms with E-state index in [-0.39, 0.29) is 12.6 Å². The number of guanidine groups is 1. The number of nitrogens with one attached hydrogen (secondary N) is 2. The van der Waals surface area contributed by atoms with Crippen LogP contribution in [0.25, 0.3) is 0 Å². The summed E-state index contributed by atoms with van der Waals surface area (Å²) < 4.78 is 12.8. The number of aliphatic hydroxyl groups is 1. The van der Waals surface area contributed by atoms with Crippen molar-refractivity contribution >= 4 is 5.96 Å². The van der Waals surface area contributed by atoms with Crippen LogP contribution in [-0.2, 0) is 12.6 Å². The minimum Gasteiger partial charge on any atom is -0.497 e. The van der Waals surface area contributed by atoms with Gasteiger partial charge in [0.05, 0.1) is 26.4 Å². The van der Waals surface area contributed by atoms with Crippen LogP contribution in [0.5, 0.6) is 11.5 Å². The Morgan fingerprint density at radius 2 is 2.11 bits per heavy atom. The van der Waals surface area contributed by atoms with Crippen molar-refractivity contribution in [1.82, 2.24) is 20.4 Å². The van der Waals surface area contributed by atoms with Crippen LogP contribution in [0.15, 0.2) is 41.7 Å². The van der Waals surface area contributed by atoms with Crippen LogP contribution in [0, 0.1) is 0 Å². The van der Waals surface area contributed by atoms with Crippen molar-refractivity contribution in [2.24, 2.45) is 12.0 Å². The van der Waals surface area contributed by atoms with Crippen molar-refractivity contribution < 1.29 is 14.6 Å². The first-order valence-electron chi connectivity index (χ1n) is 9.38. The monoisotopic (exact) mass is 389 g/mol. The quantitative estimate of drug-likeness (QED) is 0.446.